The Labute approximate surface area is 103 Å². The molecule has 0 atom stereocenters. The number of carbonyl (C=O) groups is 1. The molecule has 18 heavy (non-hydrogen) atoms. The van der Waals surface area contributed by atoms with Crippen molar-refractivity contribution in [1.82, 2.24) is 0 Å². The van der Waals surface area contributed by atoms with Crippen LogP contribution in [0.1, 0.15) is 28.6 Å². The highest BCUT2D eigenvalue weighted by molar-refractivity contribution is 5.98. The molecule has 0 bridgehead atoms. The van der Waals surface area contributed by atoms with E-state index in [0.717, 1.165) is 18.2 Å². The first kappa shape index (κ1) is 12.5. The van der Waals surface area contributed by atoms with Gasteiger partial charge in [-0.1, -0.05) is 6.92 Å². The summed E-state index contributed by atoms with van der Waals surface area (Å²) in [6.45, 7) is 1.86. The third kappa shape index (κ3) is 2.47. The zero-order valence-corrected chi connectivity index (χ0v) is 9.87. The fourth-order valence-corrected chi connectivity index (χ4v) is 1.81. The predicted octanol–water partition coefficient (Wildman–Crippen LogP) is 3.55. The van der Waals surface area contributed by atoms with E-state index in [-0.39, 0.29) is 17.8 Å². The molecule has 0 radical (unpaired) electrons. The number of halogens is 2. The topological polar surface area (TPSA) is 30.2 Å². The molecule has 1 aromatic carbocycles. The Balaban J connectivity index is 2.24. The molecule has 1 aromatic heterocycles. The highest BCUT2D eigenvalue weighted by Gasteiger charge is 2.16. The van der Waals surface area contributed by atoms with Crippen LogP contribution in [0.15, 0.2) is 34.9 Å². The van der Waals surface area contributed by atoms with E-state index < -0.39 is 11.6 Å². The molecular formula is C14H12F2O2. The zero-order chi connectivity index (χ0) is 13.1. The van der Waals surface area contributed by atoms with Gasteiger partial charge in [0.1, 0.15) is 17.4 Å². The average Bonchev–Trinajstić information content (AvgIpc) is 2.82. The van der Waals surface area contributed by atoms with Crippen LogP contribution < -0.4 is 0 Å². The Morgan fingerprint density at radius 3 is 2.78 bits per heavy atom. The number of rotatable bonds is 4. The standard InChI is InChI=1S/C14H12F2O2/c1-2-14-11(5-6-18-14)13(17)8-9-7-10(15)3-4-12(9)16/h3-7H,2,8H2,1H3. The third-order valence-electron chi connectivity index (χ3n) is 2.73. The largest absolute Gasteiger partial charge is 0.469 e. The van der Waals surface area contributed by atoms with Crippen LogP contribution in [0.3, 0.4) is 0 Å². The maximum atomic E-state index is 13.4. The summed E-state index contributed by atoms with van der Waals surface area (Å²) in [5.41, 5.74) is 0.490. The van der Waals surface area contributed by atoms with Crippen LogP contribution in [0.25, 0.3) is 0 Å². The Morgan fingerprint density at radius 1 is 1.28 bits per heavy atom. The summed E-state index contributed by atoms with van der Waals surface area (Å²) in [5, 5.41) is 0. The smallest absolute Gasteiger partial charge is 0.170 e. The van der Waals surface area contributed by atoms with Crippen molar-refractivity contribution in [3.63, 3.8) is 0 Å². The summed E-state index contributed by atoms with van der Waals surface area (Å²) in [5.74, 6) is -0.838. The SMILES string of the molecule is CCc1occc1C(=O)Cc1cc(F)ccc1F. The zero-order valence-electron chi connectivity index (χ0n) is 9.87. The average molecular weight is 250 g/mol. The molecule has 1 heterocycles. The van der Waals surface area contributed by atoms with Crippen LogP contribution in [0.5, 0.6) is 0 Å². The highest BCUT2D eigenvalue weighted by Crippen LogP contribution is 2.17. The van der Waals surface area contributed by atoms with Crippen LogP contribution in [0, 0.1) is 11.6 Å². The highest BCUT2D eigenvalue weighted by atomic mass is 19.1. The fraction of sp³-hybridized carbons (Fsp3) is 0.214. The number of hydrogen-bond acceptors (Lipinski definition) is 2. The molecule has 0 amide bonds. The fourth-order valence-electron chi connectivity index (χ4n) is 1.81. The molecule has 0 fully saturated rings. The van der Waals surface area contributed by atoms with E-state index in [2.05, 4.69) is 0 Å². The lowest BCUT2D eigenvalue weighted by atomic mass is 10.0. The summed E-state index contributed by atoms with van der Waals surface area (Å²) in [6, 6.07) is 4.64. The summed E-state index contributed by atoms with van der Waals surface area (Å²) < 4.78 is 31.5. The first-order valence-corrected chi connectivity index (χ1v) is 5.65. The Bertz CT molecular complexity index is 573. The molecule has 2 nitrogen and oxygen atoms in total. The molecule has 94 valence electrons. The first-order chi connectivity index (χ1) is 8.61. The van der Waals surface area contributed by atoms with E-state index in [1.165, 1.54) is 6.26 Å². The minimum absolute atomic E-state index is 0.0586. The second kappa shape index (κ2) is 5.12. The van der Waals surface area contributed by atoms with Crippen LogP contribution in [-0.2, 0) is 12.8 Å². The molecule has 0 aliphatic heterocycles. The number of carbonyl (C=O) groups excluding carboxylic acids is 1. The molecule has 0 N–H and O–H groups in total. The van der Waals surface area contributed by atoms with Crippen molar-refractivity contribution in [2.45, 2.75) is 19.8 Å². The monoisotopic (exact) mass is 250 g/mol. The molecule has 2 rings (SSSR count). The van der Waals surface area contributed by atoms with Crippen molar-refractivity contribution in [1.29, 1.82) is 0 Å². The van der Waals surface area contributed by atoms with Gasteiger partial charge in [0, 0.05) is 12.8 Å². The van der Waals surface area contributed by atoms with E-state index in [9.17, 15) is 13.6 Å². The number of benzene rings is 1. The van der Waals surface area contributed by atoms with Gasteiger partial charge >= 0.3 is 0 Å². The van der Waals surface area contributed by atoms with E-state index in [1.54, 1.807) is 6.07 Å². The van der Waals surface area contributed by atoms with Gasteiger partial charge in [0.2, 0.25) is 0 Å². The minimum atomic E-state index is -0.578. The van der Waals surface area contributed by atoms with Crippen molar-refractivity contribution >= 4 is 5.78 Å². The number of furan rings is 1. The second-order valence-corrected chi connectivity index (χ2v) is 3.95. The van der Waals surface area contributed by atoms with Gasteiger partial charge in [0.15, 0.2) is 5.78 Å². The van der Waals surface area contributed by atoms with Gasteiger partial charge in [-0.15, -0.1) is 0 Å². The van der Waals surface area contributed by atoms with Gasteiger partial charge in [-0.25, -0.2) is 8.78 Å². The summed E-state index contributed by atoms with van der Waals surface area (Å²) in [7, 11) is 0. The van der Waals surface area contributed by atoms with Crippen LogP contribution >= 0.6 is 0 Å². The van der Waals surface area contributed by atoms with E-state index in [1.807, 2.05) is 6.92 Å². The van der Waals surface area contributed by atoms with Crippen molar-refractivity contribution in [2.75, 3.05) is 0 Å². The first-order valence-electron chi connectivity index (χ1n) is 5.65. The predicted molar refractivity (Wildman–Crippen MR) is 62.5 cm³/mol. The lowest BCUT2D eigenvalue weighted by Crippen LogP contribution is -2.06. The lowest BCUT2D eigenvalue weighted by molar-refractivity contribution is 0.0990. The third-order valence-corrected chi connectivity index (χ3v) is 2.73. The summed E-state index contributed by atoms with van der Waals surface area (Å²) in [4.78, 5) is 12.0. The van der Waals surface area contributed by atoms with Crippen molar-refractivity contribution < 1.29 is 18.0 Å². The van der Waals surface area contributed by atoms with Gasteiger partial charge in [-0.05, 0) is 29.8 Å². The maximum absolute atomic E-state index is 13.4. The van der Waals surface area contributed by atoms with Gasteiger partial charge < -0.3 is 4.42 Å². The maximum Gasteiger partial charge on any atom is 0.170 e. The second-order valence-electron chi connectivity index (χ2n) is 3.95. The molecule has 0 saturated heterocycles. The normalized spacial score (nSPS) is 10.6. The molecule has 0 aliphatic carbocycles. The van der Waals surface area contributed by atoms with Crippen molar-refractivity contribution in [2.24, 2.45) is 0 Å². The Hall–Kier alpha value is -1.97. The van der Waals surface area contributed by atoms with Crippen LogP contribution in [0.2, 0.25) is 0 Å². The molecule has 4 heteroatoms. The Kier molecular flexibility index (Phi) is 3.55. The number of Topliss-reactive ketones (excluding diaryl/α,β-unsaturated/α-hetero) is 1. The van der Waals surface area contributed by atoms with Gasteiger partial charge in [-0.3, -0.25) is 4.79 Å². The van der Waals surface area contributed by atoms with E-state index in [0.29, 0.717) is 17.7 Å². The molecule has 0 saturated carbocycles. The molecular weight excluding hydrogens is 238 g/mol. The van der Waals surface area contributed by atoms with Gasteiger partial charge in [0.25, 0.3) is 0 Å². The number of hydrogen-bond donors (Lipinski definition) is 0. The quantitative estimate of drug-likeness (QED) is 0.777. The lowest BCUT2D eigenvalue weighted by Gasteiger charge is -2.03. The summed E-state index contributed by atoms with van der Waals surface area (Å²) in [6.07, 6.45) is 1.84. The van der Waals surface area contributed by atoms with E-state index in [4.69, 9.17) is 4.42 Å². The molecule has 0 unspecified atom stereocenters. The Morgan fingerprint density at radius 2 is 2.06 bits per heavy atom. The van der Waals surface area contributed by atoms with Crippen molar-refractivity contribution in [3.05, 3.63) is 59.1 Å². The number of aryl methyl sites for hydroxylation is 1. The van der Waals surface area contributed by atoms with Crippen LogP contribution in [0.4, 0.5) is 8.78 Å². The van der Waals surface area contributed by atoms with Crippen molar-refractivity contribution in [3.8, 4) is 0 Å². The van der Waals surface area contributed by atoms with Gasteiger partial charge in [0.05, 0.1) is 11.8 Å². The van der Waals surface area contributed by atoms with Crippen LogP contribution in [-0.4, -0.2) is 5.78 Å². The molecule has 2 aromatic rings. The molecule has 0 aliphatic rings. The minimum Gasteiger partial charge on any atom is -0.469 e. The molecule has 0 spiro atoms. The summed E-state index contributed by atoms with van der Waals surface area (Å²) >= 11 is 0. The van der Waals surface area contributed by atoms with E-state index >= 15 is 0 Å². The van der Waals surface area contributed by atoms with Gasteiger partial charge in [-0.2, -0.15) is 0 Å². The number of ketones is 1.